The van der Waals surface area contributed by atoms with Gasteiger partial charge in [-0.05, 0) is 51.7 Å². The predicted molar refractivity (Wildman–Crippen MR) is 107 cm³/mol. The van der Waals surface area contributed by atoms with Crippen molar-refractivity contribution in [3.8, 4) is 0 Å². The van der Waals surface area contributed by atoms with Crippen LogP contribution in [0.5, 0.6) is 0 Å². The third-order valence-corrected chi connectivity index (χ3v) is 4.03. The summed E-state index contributed by atoms with van der Waals surface area (Å²) in [4.78, 5) is 3.99. The van der Waals surface area contributed by atoms with Gasteiger partial charge in [-0.15, -0.1) is 0 Å². The van der Waals surface area contributed by atoms with Gasteiger partial charge in [0.2, 0.25) is 0 Å². The van der Waals surface area contributed by atoms with Gasteiger partial charge in [0.1, 0.15) is 12.5 Å². The molecule has 0 aromatic heterocycles. The van der Waals surface area contributed by atoms with Gasteiger partial charge >= 0.3 is 0 Å². The van der Waals surface area contributed by atoms with Gasteiger partial charge in [0.05, 0.1) is 12.2 Å². The Morgan fingerprint density at radius 1 is 0.615 bits per heavy atom. The molecule has 0 aromatic carbocycles. The maximum absolute atomic E-state index is 10.2. The van der Waals surface area contributed by atoms with E-state index in [1.54, 1.807) is 38.2 Å². The van der Waals surface area contributed by atoms with Crippen LogP contribution in [0.15, 0.2) is 24.3 Å². The monoisotopic (exact) mass is 372 g/mol. The number of aliphatic hydroxyl groups is 4. The van der Waals surface area contributed by atoms with Crippen molar-refractivity contribution in [3.63, 3.8) is 0 Å². The fourth-order valence-electron chi connectivity index (χ4n) is 2.72. The zero-order valence-corrected chi connectivity index (χ0v) is 17.0. The molecule has 4 N–H and O–H groups in total. The molecule has 0 radical (unpaired) electrons. The lowest BCUT2D eigenvalue weighted by Gasteiger charge is -2.28. The van der Waals surface area contributed by atoms with Crippen LogP contribution in [0.3, 0.4) is 0 Å². The lowest BCUT2D eigenvalue weighted by atomic mass is 10.2. The van der Waals surface area contributed by atoms with Crippen molar-refractivity contribution < 1.29 is 20.4 Å². The van der Waals surface area contributed by atoms with E-state index >= 15 is 0 Å². The highest BCUT2D eigenvalue weighted by atomic mass is 16.3. The summed E-state index contributed by atoms with van der Waals surface area (Å²) in [6.07, 6.45) is 7.68. The third-order valence-electron chi connectivity index (χ3n) is 4.03. The summed E-state index contributed by atoms with van der Waals surface area (Å²) in [6, 6.07) is 0. The van der Waals surface area contributed by atoms with Crippen LogP contribution >= 0.6 is 0 Å². The quantitative estimate of drug-likeness (QED) is 0.199. The van der Waals surface area contributed by atoms with Crippen LogP contribution in [0.4, 0.5) is 0 Å². The molecule has 6 heteroatoms. The summed E-state index contributed by atoms with van der Waals surface area (Å²) in [5, 5.41) is 39.1. The third kappa shape index (κ3) is 12.6. The second-order valence-corrected chi connectivity index (χ2v) is 6.86. The molecule has 6 nitrogen and oxygen atoms in total. The van der Waals surface area contributed by atoms with Crippen molar-refractivity contribution in [2.75, 3.05) is 26.2 Å². The van der Waals surface area contributed by atoms with Crippen LogP contribution in [0.2, 0.25) is 0 Å². The zero-order valence-electron chi connectivity index (χ0n) is 17.0. The van der Waals surface area contributed by atoms with Crippen LogP contribution in [-0.4, -0.2) is 81.1 Å². The lowest BCUT2D eigenvalue weighted by Crippen LogP contribution is -2.37. The molecule has 0 spiro atoms. The van der Waals surface area contributed by atoms with E-state index < -0.39 is 24.7 Å². The molecule has 0 saturated carbocycles. The number of unbranched alkanes of at least 4 members (excludes halogenated alkanes) is 1. The van der Waals surface area contributed by atoms with Gasteiger partial charge in [-0.2, -0.15) is 0 Å². The van der Waals surface area contributed by atoms with E-state index in [0.29, 0.717) is 0 Å². The van der Waals surface area contributed by atoms with Crippen LogP contribution in [0, 0.1) is 0 Å². The van der Waals surface area contributed by atoms with Crippen molar-refractivity contribution in [2.45, 2.75) is 78.0 Å². The molecule has 26 heavy (non-hydrogen) atoms. The predicted octanol–water partition coefficient (Wildman–Crippen LogP) is 1.70. The molecule has 4 unspecified atom stereocenters. The van der Waals surface area contributed by atoms with Crippen molar-refractivity contribution >= 4 is 0 Å². The first-order chi connectivity index (χ1) is 12.3. The summed E-state index contributed by atoms with van der Waals surface area (Å²) < 4.78 is 0. The second-order valence-electron chi connectivity index (χ2n) is 6.86. The van der Waals surface area contributed by atoms with E-state index in [1.165, 1.54) is 0 Å². The van der Waals surface area contributed by atoms with E-state index in [1.807, 2.05) is 9.80 Å². The van der Waals surface area contributed by atoms with Crippen molar-refractivity contribution in [1.82, 2.24) is 9.80 Å². The number of hydrogen-bond donors (Lipinski definition) is 4. The fraction of sp³-hybridized carbons (Fsp3) is 0.800. The maximum Gasteiger partial charge on any atom is 0.126 e. The maximum atomic E-state index is 10.2. The number of nitrogens with zero attached hydrogens (tertiary/aromatic N) is 2. The molecule has 4 atom stereocenters. The first-order valence-electron chi connectivity index (χ1n) is 9.88. The average Bonchev–Trinajstić information content (AvgIpc) is 2.59. The summed E-state index contributed by atoms with van der Waals surface area (Å²) >= 11 is 0. The Bertz CT molecular complexity index is 350. The second kappa shape index (κ2) is 15.3. The van der Waals surface area contributed by atoms with E-state index in [-0.39, 0.29) is 0 Å². The molecular formula is C20H40N2O4. The lowest BCUT2D eigenvalue weighted by molar-refractivity contribution is 0.0291. The van der Waals surface area contributed by atoms with Gasteiger partial charge in [0, 0.05) is 26.2 Å². The average molecular weight is 373 g/mol. The van der Waals surface area contributed by atoms with Gasteiger partial charge in [0.15, 0.2) is 0 Å². The van der Waals surface area contributed by atoms with Crippen LogP contribution in [0.1, 0.15) is 53.4 Å². The SMILES string of the molecule is CCCN(CCCCN(CCC)C(O)/C=C/C(C)O)C(O)/C=C/C(C)O. The summed E-state index contributed by atoms with van der Waals surface area (Å²) in [5.41, 5.74) is 0. The molecule has 0 saturated heterocycles. The molecule has 0 aliphatic heterocycles. The summed E-state index contributed by atoms with van der Waals surface area (Å²) in [7, 11) is 0. The Morgan fingerprint density at radius 3 is 1.23 bits per heavy atom. The largest absolute Gasteiger partial charge is 0.389 e. The minimum atomic E-state index is -0.684. The van der Waals surface area contributed by atoms with Crippen LogP contribution in [0.25, 0.3) is 0 Å². The van der Waals surface area contributed by atoms with E-state index in [4.69, 9.17) is 0 Å². The number of aliphatic hydroxyl groups excluding tert-OH is 4. The first kappa shape index (κ1) is 25.2. The van der Waals surface area contributed by atoms with Gasteiger partial charge in [0.25, 0.3) is 0 Å². The highest BCUT2D eigenvalue weighted by molar-refractivity contribution is 4.93. The Balaban J connectivity index is 4.44. The van der Waals surface area contributed by atoms with Crippen LogP contribution in [-0.2, 0) is 0 Å². The Kier molecular flexibility index (Phi) is 14.9. The molecular weight excluding hydrogens is 332 g/mol. The van der Waals surface area contributed by atoms with Gasteiger partial charge in [-0.3, -0.25) is 9.80 Å². The van der Waals surface area contributed by atoms with Gasteiger partial charge in [-0.1, -0.05) is 26.0 Å². The molecule has 0 aliphatic carbocycles. The van der Waals surface area contributed by atoms with Crippen molar-refractivity contribution in [2.24, 2.45) is 0 Å². The molecule has 0 rings (SSSR count). The smallest absolute Gasteiger partial charge is 0.126 e. The van der Waals surface area contributed by atoms with E-state index in [0.717, 1.165) is 51.9 Å². The standard InChI is InChI=1S/C20H40N2O4/c1-5-13-21(19(25)11-9-17(3)23)15-7-8-16-22(14-6-2)20(26)12-10-18(4)24/h9-12,17-20,23-26H,5-8,13-16H2,1-4H3/b11-9+,12-10+. The van der Waals surface area contributed by atoms with E-state index in [2.05, 4.69) is 13.8 Å². The van der Waals surface area contributed by atoms with Crippen molar-refractivity contribution in [1.29, 1.82) is 0 Å². The summed E-state index contributed by atoms with van der Waals surface area (Å²) in [5.74, 6) is 0. The highest BCUT2D eigenvalue weighted by Crippen LogP contribution is 2.07. The molecule has 0 aromatic rings. The first-order valence-corrected chi connectivity index (χ1v) is 9.88. The topological polar surface area (TPSA) is 87.4 Å². The Morgan fingerprint density at radius 2 is 0.962 bits per heavy atom. The van der Waals surface area contributed by atoms with E-state index in [9.17, 15) is 20.4 Å². The van der Waals surface area contributed by atoms with Gasteiger partial charge in [-0.25, -0.2) is 0 Å². The fourth-order valence-corrected chi connectivity index (χ4v) is 2.72. The Labute approximate surface area is 159 Å². The zero-order chi connectivity index (χ0) is 19.9. The number of rotatable bonds is 15. The highest BCUT2D eigenvalue weighted by Gasteiger charge is 2.14. The van der Waals surface area contributed by atoms with Crippen molar-refractivity contribution in [3.05, 3.63) is 24.3 Å². The molecule has 0 fully saturated rings. The molecule has 0 heterocycles. The molecule has 154 valence electrons. The molecule has 0 aliphatic rings. The minimum Gasteiger partial charge on any atom is -0.389 e. The normalized spacial score (nSPS) is 17.5. The van der Waals surface area contributed by atoms with Gasteiger partial charge < -0.3 is 20.4 Å². The molecule has 0 bridgehead atoms. The number of hydrogen-bond acceptors (Lipinski definition) is 6. The van der Waals surface area contributed by atoms with Crippen LogP contribution < -0.4 is 0 Å². The minimum absolute atomic E-state index is 0.563. The molecule has 0 amide bonds. The Hall–Kier alpha value is -0.760. The summed E-state index contributed by atoms with van der Waals surface area (Å²) in [6.45, 7) is 10.6.